The number of carbonyl (C=O) groups excluding carboxylic acids is 1. The van der Waals surface area contributed by atoms with Crippen LogP contribution in [0.5, 0.6) is 0 Å². The normalized spacial score (nSPS) is 11.2. The molecule has 0 aliphatic rings. The molecule has 0 radical (unpaired) electrons. The highest BCUT2D eigenvalue weighted by Crippen LogP contribution is 2.15. The molecule has 88 valence electrons. The average Bonchev–Trinajstić information content (AvgIpc) is 2.16. The molecule has 1 aromatic heterocycles. The van der Waals surface area contributed by atoms with Gasteiger partial charge in [0, 0.05) is 6.20 Å². The first kappa shape index (κ1) is 12.9. The predicted molar refractivity (Wildman–Crippen MR) is 51.4 cm³/mol. The van der Waals surface area contributed by atoms with Crippen molar-refractivity contribution in [2.75, 3.05) is 6.61 Å². The molecule has 1 aromatic rings. The minimum absolute atomic E-state index is 0.0877. The van der Waals surface area contributed by atoms with Crippen molar-refractivity contribution in [2.24, 2.45) is 0 Å². The van der Waals surface area contributed by atoms with Crippen molar-refractivity contribution in [3.05, 3.63) is 28.5 Å². The fourth-order valence-electron chi connectivity index (χ4n) is 0.794. The molecule has 0 saturated carbocycles. The average molecular weight is 299 g/mol. The molecule has 1 rings (SSSR count). The Morgan fingerprint density at radius 1 is 1.56 bits per heavy atom. The smallest absolute Gasteiger partial charge is 0.267 e. The summed E-state index contributed by atoms with van der Waals surface area (Å²) in [4.78, 5) is 19.0. The maximum atomic E-state index is 11.7. The van der Waals surface area contributed by atoms with E-state index in [0.29, 0.717) is 0 Å². The van der Waals surface area contributed by atoms with Crippen LogP contribution < -0.4 is 5.48 Å². The number of rotatable bonds is 3. The van der Waals surface area contributed by atoms with Crippen molar-refractivity contribution in [3.63, 3.8) is 0 Å². The van der Waals surface area contributed by atoms with Gasteiger partial charge in [-0.25, -0.2) is 10.5 Å². The Morgan fingerprint density at radius 2 is 2.25 bits per heavy atom. The minimum Gasteiger partial charge on any atom is -0.267 e. The van der Waals surface area contributed by atoms with Crippen LogP contribution in [-0.4, -0.2) is 23.7 Å². The first-order chi connectivity index (χ1) is 7.40. The van der Waals surface area contributed by atoms with Gasteiger partial charge >= 0.3 is 6.18 Å². The molecule has 4 nitrogen and oxygen atoms in total. The summed E-state index contributed by atoms with van der Waals surface area (Å²) in [6.45, 7) is -1.55. The molecule has 8 heteroatoms. The molecular weight excluding hydrogens is 293 g/mol. The van der Waals surface area contributed by atoms with Gasteiger partial charge in [-0.3, -0.25) is 9.63 Å². The molecular formula is C8H6BrF3N2O2. The van der Waals surface area contributed by atoms with E-state index in [4.69, 9.17) is 0 Å². The quantitative estimate of drug-likeness (QED) is 0.686. The van der Waals surface area contributed by atoms with Crippen LogP contribution in [0.4, 0.5) is 13.2 Å². The highest BCUT2D eigenvalue weighted by molar-refractivity contribution is 9.10. The van der Waals surface area contributed by atoms with E-state index in [1.807, 2.05) is 0 Å². The molecule has 1 heterocycles. The zero-order valence-electron chi connectivity index (χ0n) is 7.71. The fraction of sp³-hybridized carbons (Fsp3) is 0.250. The highest BCUT2D eigenvalue weighted by Gasteiger charge is 2.28. The standard InChI is InChI=1S/C8H6BrF3N2O2/c9-6-5(2-1-3-13-6)7(15)14-16-4-8(10,11)12/h1-3H,4H2,(H,14,15). The largest absolute Gasteiger partial charge is 0.414 e. The number of alkyl halides is 3. The van der Waals surface area contributed by atoms with Crippen molar-refractivity contribution < 1.29 is 22.8 Å². The van der Waals surface area contributed by atoms with E-state index >= 15 is 0 Å². The Hall–Kier alpha value is -1.15. The lowest BCUT2D eigenvalue weighted by Gasteiger charge is -2.08. The SMILES string of the molecule is O=C(NOCC(F)(F)F)c1cccnc1Br. The molecule has 0 aromatic carbocycles. The number of hydrogen-bond donors (Lipinski definition) is 1. The van der Waals surface area contributed by atoms with E-state index < -0.39 is 18.7 Å². The van der Waals surface area contributed by atoms with Gasteiger partial charge in [0.2, 0.25) is 0 Å². The lowest BCUT2D eigenvalue weighted by atomic mass is 10.3. The van der Waals surface area contributed by atoms with Gasteiger partial charge < -0.3 is 0 Å². The lowest BCUT2D eigenvalue weighted by Crippen LogP contribution is -2.29. The second kappa shape index (κ2) is 5.26. The van der Waals surface area contributed by atoms with Crippen LogP contribution in [0.15, 0.2) is 22.9 Å². The fourth-order valence-corrected chi connectivity index (χ4v) is 1.22. The van der Waals surface area contributed by atoms with E-state index in [1.54, 1.807) is 5.48 Å². The van der Waals surface area contributed by atoms with E-state index in [-0.39, 0.29) is 10.2 Å². The van der Waals surface area contributed by atoms with Gasteiger partial charge in [0.05, 0.1) is 5.56 Å². The Balaban J connectivity index is 2.51. The van der Waals surface area contributed by atoms with Gasteiger partial charge in [0.25, 0.3) is 5.91 Å². The van der Waals surface area contributed by atoms with Crippen molar-refractivity contribution in [1.82, 2.24) is 10.5 Å². The maximum Gasteiger partial charge on any atom is 0.414 e. The van der Waals surface area contributed by atoms with Crippen LogP contribution in [0.1, 0.15) is 10.4 Å². The number of amides is 1. The summed E-state index contributed by atoms with van der Waals surface area (Å²) >= 11 is 2.98. The van der Waals surface area contributed by atoms with Crippen LogP contribution in [0, 0.1) is 0 Å². The van der Waals surface area contributed by atoms with Gasteiger partial charge in [-0.1, -0.05) is 0 Å². The molecule has 0 aliphatic carbocycles. The molecule has 1 N–H and O–H groups in total. The van der Waals surface area contributed by atoms with Gasteiger partial charge in [0.1, 0.15) is 4.60 Å². The maximum absolute atomic E-state index is 11.7. The van der Waals surface area contributed by atoms with Crippen LogP contribution in [-0.2, 0) is 4.84 Å². The summed E-state index contributed by atoms with van der Waals surface area (Å²) in [5.74, 6) is -0.802. The van der Waals surface area contributed by atoms with Crippen molar-refractivity contribution in [1.29, 1.82) is 0 Å². The zero-order valence-corrected chi connectivity index (χ0v) is 9.30. The van der Waals surface area contributed by atoms with E-state index in [1.165, 1.54) is 18.3 Å². The highest BCUT2D eigenvalue weighted by atomic mass is 79.9. The summed E-state index contributed by atoms with van der Waals surface area (Å²) < 4.78 is 35.3. The summed E-state index contributed by atoms with van der Waals surface area (Å²) in [6.07, 6.45) is -3.06. The molecule has 0 atom stereocenters. The summed E-state index contributed by atoms with van der Waals surface area (Å²) in [5, 5.41) is 0. The Labute approximate surface area is 96.9 Å². The molecule has 0 spiro atoms. The number of nitrogens with zero attached hydrogens (tertiary/aromatic N) is 1. The number of pyridine rings is 1. The Bertz CT molecular complexity index is 384. The molecule has 0 saturated heterocycles. The predicted octanol–water partition coefficient (Wildman–Crippen LogP) is 2.07. The Kier molecular flexibility index (Phi) is 4.25. The Morgan fingerprint density at radius 3 is 2.81 bits per heavy atom. The number of hydroxylamine groups is 1. The third-order valence-electron chi connectivity index (χ3n) is 1.40. The van der Waals surface area contributed by atoms with Crippen LogP contribution in [0.3, 0.4) is 0 Å². The van der Waals surface area contributed by atoms with Gasteiger partial charge in [-0.05, 0) is 28.1 Å². The van der Waals surface area contributed by atoms with Crippen molar-refractivity contribution in [3.8, 4) is 0 Å². The number of hydrogen-bond acceptors (Lipinski definition) is 3. The topological polar surface area (TPSA) is 51.2 Å². The summed E-state index contributed by atoms with van der Waals surface area (Å²) in [6, 6.07) is 2.87. The molecule has 0 unspecified atom stereocenters. The molecule has 0 fully saturated rings. The summed E-state index contributed by atoms with van der Waals surface area (Å²) in [7, 11) is 0. The van der Waals surface area contributed by atoms with E-state index in [0.717, 1.165) is 0 Å². The third kappa shape index (κ3) is 4.15. The van der Waals surface area contributed by atoms with Crippen LogP contribution >= 0.6 is 15.9 Å². The van der Waals surface area contributed by atoms with Crippen LogP contribution in [0.25, 0.3) is 0 Å². The molecule has 16 heavy (non-hydrogen) atoms. The van der Waals surface area contributed by atoms with Crippen LogP contribution in [0.2, 0.25) is 0 Å². The van der Waals surface area contributed by atoms with Gasteiger partial charge in [0.15, 0.2) is 6.61 Å². The first-order valence-electron chi connectivity index (χ1n) is 3.99. The van der Waals surface area contributed by atoms with Crippen molar-refractivity contribution >= 4 is 21.8 Å². The summed E-state index contributed by atoms with van der Waals surface area (Å²) in [5.41, 5.74) is 1.76. The van der Waals surface area contributed by atoms with Gasteiger partial charge in [-0.2, -0.15) is 13.2 Å². The molecule has 0 bridgehead atoms. The van der Waals surface area contributed by atoms with Gasteiger partial charge in [-0.15, -0.1) is 0 Å². The zero-order chi connectivity index (χ0) is 12.2. The third-order valence-corrected chi connectivity index (χ3v) is 2.04. The molecule has 1 amide bonds. The first-order valence-corrected chi connectivity index (χ1v) is 4.79. The monoisotopic (exact) mass is 298 g/mol. The second-order valence-corrected chi connectivity index (χ2v) is 3.43. The van der Waals surface area contributed by atoms with E-state index in [2.05, 4.69) is 25.8 Å². The number of halogens is 4. The van der Waals surface area contributed by atoms with E-state index in [9.17, 15) is 18.0 Å². The molecule has 0 aliphatic heterocycles. The number of nitrogens with one attached hydrogen (secondary N) is 1. The second-order valence-electron chi connectivity index (χ2n) is 2.68. The minimum atomic E-state index is -4.49. The number of carbonyl (C=O) groups is 1. The van der Waals surface area contributed by atoms with Crippen molar-refractivity contribution in [2.45, 2.75) is 6.18 Å². The lowest BCUT2D eigenvalue weighted by molar-refractivity contribution is -0.184. The number of aromatic nitrogens is 1.